The fourth-order valence-corrected chi connectivity index (χ4v) is 3.82. The number of nitrogens with zero attached hydrogens (tertiary/aromatic N) is 2. The van der Waals surface area contributed by atoms with Gasteiger partial charge in [-0.1, -0.05) is 6.42 Å². The lowest BCUT2D eigenvalue weighted by molar-refractivity contribution is 0.0314. The predicted molar refractivity (Wildman–Crippen MR) is 77.8 cm³/mol. The summed E-state index contributed by atoms with van der Waals surface area (Å²) >= 11 is 1.79. The Morgan fingerprint density at radius 1 is 1.28 bits per heavy atom. The Morgan fingerprint density at radius 2 is 1.89 bits per heavy atom. The second-order valence-corrected chi connectivity index (χ2v) is 6.97. The molecule has 0 aliphatic carbocycles. The van der Waals surface area contributed by atoms with Gasteiger partial charge in [-0.25, -0.2) is 15.4 Å². The maximum Gasteiger partial charge on any atom is 0.0900 e. The highest BCUT2D eigenvalue weighted by Gasteiger charge is 2.26. The first kappa shape index (κ1) is 14.0. The van der Waals surface area contributed by atoms with Crippen molar-refractivity contribution >= 4 is 11.3 Å². The van der Waals surface area contributed by atoms with Gasteiger partial charge in [-0.15, -0.1) is 11.3 Å². The number of aryl methyl sites for hydroxylation is 2. The molecule has 0 bridgehead atoms. The fraction of sp³-hybridized carbons (Fsp3) is 0.786. The number of rotatable bonds is 3. The third-order valence-electron chi connectivity index (χ3n) is 3.89. The zero-order valence-electron chi connectivity index (χ0n) is 12.2. The molecule has 1 saturated heterocycles. The number of piperidine rings is 1. The van der Waals surface area contributed by atoms with Crippen molar-refractivity contribution in [1.29, 1.82) is 0 Å². The van der Waals surface area contributed by atoms with E-state index in [0.29, 0.717) is 18.1 Å². The van der Waals surface area contributed by atoms with Crippen LogP contribution in [-0.4, -0.2) is 22.1 Å². The number of aromatic nitrogens is 1. The molecule has 1 aliphatic heterocycles. The van der Waals surface area contributed by atoms with E-state index in [9.17, 15) is 0 Å². The van der Waals surface area contributed by atoms with Gasteiger partial charge < -0.3 is 0 Å². The normalized spacial score (nSPS) is 27.4. The summed E-state index contributed by atoms with van der Waals surface area (Å²) in [7, 11) is 0. The zero-order valence-corrected chi connectivity index (χ0v) is 13.0. The average molecular weight is 267 g/mol. The van der Waals surface area contributed by atoms with E-state index in [1.54, 1.807) is 11.3 Å². The molecule has 1 aromatic rings. The summed E-state index contributed by atoms with van der Waals surface area (Å²) in [6.07, 6.45) is 3.93. The van der Waals surface area contributed by atoms with E-state index in [2.05, 4.69) is 50.0 Å². The van der Waals surface area contributed by atoms with Crippen LogP contribution in [0.5, 0.6) is 0 Å². The van der Waals surface area contributed by atoms with Gasteiger partial charge in [0.15, 0.2) is 0 Å². The Morgan fingerprint density at radius 3 is 2.39 bits per heavy atom. The van der Waals surface area contributed by atoms with Crippen LogP contribution < -0.4 is 5.43 Å². The monoisotopic (exact) mass is 267 g/mol. The molecule has 3 nitrogen and oxygen atoms in total. The van der Waals surface area contributed by atoms with Crippen molar-refractivity contribution in [2.24, 2.45) is 0 Å². The first-order valence-corrected chi connectivity index (χ1v) is 7.79. The highest BCUT2D eigenvalue weighted by molar-refractivity contribution is 7.11. The van der Waals surface area contributed by atoms with Gasteiger partial charge in [0.25, 0.3) is 0 Å². The van der Waals surface area contributed by atoms with Crippen LogP contribution in [-0.2, 0) is 0 Å². The van der Waals surface area contributed by atoms with Crippen LogP contribution in [0.4, 0.5) is 0 Å². The Labute approximate surface area is 115 Å². The lowest BCUT2D eigenvalue weighted by Gasteiger charge is -2.40. The lowest BCUT2D eigenvalue weighted by atomic mass is 9.99. The lowest BCUT2D eigenvalue weighted by Crippen LogP contribution is -2.52. The molecule has 4 heteroatoms. The van der Waals surface area contributed by atoms with Gasteiger partial charge in [0.1, 0.15) is 0 Å². The maximum absolute atomic E-state index is 4.66. The molecule has 1 aliphatic rings. The van der Waals surface area contributed by atoms with Crippen molar-refractivity contribution in [1.82, 2.24) is 15.4 Å². The van der Waals surface area contributed by atoms with Crippen LogP contribution in [0, 0.1) is 13.8 Å². The van der Waals surface area contributed by atoms with Gasteiger partial charge in [0.05, 0.1) is 16.7 Å². The molecule has 3 unspecified atom stereocenters. The summed E-state index contributed by atoms with van der Waals surface area (Å²) in [6.45, 7) is 11.1. The highest BCUT2D eigenvalue weighted by Crippen LogP contribution is 2.26. The summed E-state index contributed by atoms with van der Waals surface area (Å²) in [5, 5.41) is 3.60. The standard InChI is InChI=1S/C14H25N3S/c1-9-7-6-8-10(2)17(9)16-11(3)14-12(4)18-13(5)15-14/h9-11,16H,6-8H2,1-5H3. The largest absolute Gasteiger partial charge is 0.246 e. The topological polar surface area (TPSA) is 28.2 Å². The molecular weight excluding hydrogens is 242 g/mol. The molecule has 2 heterocycles. The molecule has 1 aromatic heterocycles. The van der Waals surface area contributed by atoms with Gasteiger partial charge in [-0.2, -0.15) is 0 Å². The number of hydrazine groups is 1. The molecule has 0 radical (unpaired) electrons. The maximum atomic E-state index is 4.66. The minimum absolute atomic E-state index is 0.304. The highest BCUT2D eigenvalue weighted by atomic mass is 32.1. The minimum atomic E-state index is 0.304. The molecule has 0 spiro atoms. The molecule has 3 atom stereocenters. The van der Waals surface area contributed by atoms with Crippen LogP contribution in [0.25, 0.3) is 0 Å². The van der Waals surface area contributed by atoms with Crippen molar-refractivity contribution in [2.45, 2.75) is 72.0 Å². The van der Waals surface area contributed by atoms with Crippen LogP contribution in [0.2, 0.25) is 0 Å². The number of hydrogen-bond donors (Lipinski definition) is 1. The van der Waals surface area contributed by atoms with Crippen molar-refractivity contribution < 1.29 is 0 Å². The molecular formula is C14H25N3S. The zero-order chi connectivity index (χ0) is 13.3. The first-order valence-electron chi connectivity index (χ1n) is 6.97. The fourth-order valence-electron chi connectivity index (χ4n) is 2.91. The Kier molecular flexibility index (Phi) is 4.41. The summed E-state index contributed by atoms with van der Waals surface area (Å²) in [6, 6.07) is 1.55. The summed E-state index contributed by atoms with van der Waals surface area (Å²) < 4.78 is 0. The van der Waals surface area contributed by atoms with Gasteiger partial charge in [-0.05, 0) is 47.5 Å². The minimum Gasteiger partial charge on any atom is -0.246 e. The molecule has 18 heavy (non-hydrogen) atoms. The van der Waals surface area contributed by atoms with Gasteiger partial charge in [-0.3, -0.25) is 0 Å². The second-order valence-electron chi connectivity index (χ2n) is 5.56. The van der Waals surface area contributed by atoms with Crippen LogP contribution in [0.3, 0.4) is 0 Å². The number of nitrogens with one attached hydrogen (secondary N) is 1. The smallest absolute Gasteiger partial charge is 0.0900 e. The molecule has 1 N–H and O–H groups in total. The predicted octanol–water partition coefficient (Wildman–Crippen LogP) is 3.59. The van der Waals surface area contributed by atoms with E-state index in [0.717, 1.165) is 5.01 Å². The number of thiazole rings is 1. The second kappa shape index (κ2) is 5.68. The summed E-state index contributed by atoms with van der Waals surface area (Å²) in [5.74, 6) is 0. The van der Waals surface area contributed by atoms with Gasteiger partial charge in [0.2, 0.25) is 0 Å². The van der Waals surface area contributed by atoms with Gasteiger partial charge >= 0.3 is 0 Å². The van der Waals surface area contributed by atoms with E-state index < -0.39 is 0 Å². The SMILES string of the molecule is Cc1nc(C(C)NN2C(C)CCCC2C)c(C)s1. The third kappa shape index (κ3) is 2.92. The van der Waals surface area contributed by atoms with Gasteiger partial charge in [0, 0.05) is 17.0 Å². The van der Waals surface area contributed by atoms with Crippen LogP contribution in [0.15, 0.2) is 0 Å². The Balaban J connectivity index is 2.06. The van der Waals surface area contributed by atoms with Crippen molar-refractivity contribution in [2.75, 3.05) is 0 Å². The molecule has 0 saturated carbocycles. The molecule has 2 rings (SSSR count). The quantitative estimate of drug-likeness (QED) is 0.907. The van der Waals surface area contributed by atoms with E-state index in [-0.39, 0.29) is 0 Å². The van der Waals surface area contributed by atoms with E-state index in [4.69, 9.17) is 0 Å². The average Bonchev–Trinajstić information content (AvgIpc) is 2.63. The van der Waals surface area contributed by atoms with Crippen molar-refractivity contribution in [3.63, 3.8) is 0 Å². The molecule has 0 aromatic carbocycles. The van der Waals surface area contributed by atoms with Crippen molar-refractivity contribution in [3.05, 3.63) is 15.6 Å². The van der Waals surface area contributed by atoms with Crippen LogP contribution >= 0.6 is 11.3 Å². The van der Waals surface area contributed by atoms with Crippen molar-refractivity contribution in [3.8, 4) is 0 Å². The van der Waals surface area contributed by atoms with E-state index in [1.165, 1.54) is 29.8 Å². The summed E-state index contributed by atoms with van der Waals surface area (Å²) in [5.41, 5.74) is 4.88. The Hall–Kier alpha value is -0.450. The molecule has 102 valence electrons. The molecule has 0 amide bonds. The van der Waals surface area contributed by atoms with E-state index in [1.807, 2.05) is 0 Å². The third-order valence-corrected chi connectivity index (χ3v) is 4.79. The Bertz CT molecular complexity index is 392. The first-order chi connectivity index (χ1) is 8.49. The molecule has 1 fully saturated rings. The van der Waals surface area contributed by atoms with Crippen LogP contribution in [0.1, 0.15) is 61.7 Å². The summed E-state index contributed by atoms with van der Waals surface area (Å²) in [4.78, 5) is 5.99. The number of hydrogen-bond acceptors (Lipinski definition) is 4. The van der Waals surface area contributed by atoms with E-state index >= 15 is 0 Å².